The molecule has 0 aromatic heterocycles. The van der Waals surface area contributed by atoms with E-state index in [9.17, 15) is 4.79 Å². The van der Waals surface area contributed by atoms with Crippen molar-refractivity contribution in [2.45, 2.75) is 31.8 Å². The molecule has 4 unspecified atom stereocenters. The van der Waals surface area contributed by atoms with Gasteiger partial charge in [0.2, 0.25) is 0 Å². The Labute approximate surface area is 159 Å². The Hall–Kier alpha value is -2.84. The van der Waals surface area contributed by atoms with Crippen LogP contribution in [-0.2, 0) is 0 Å². The van der Waals surface area contributed by atoms with Crippen molar-refractivity contribution in [1.29, 1.82) is 5.26 Å². The van der Waals surface area contributed by atoms with Gasteiger partial charge in [0.25, 0.3) is 5.91 Å². The van der Waals surface area contributed by atoms with Gasteiger partial charge in [-0.15, -0.1) is 0 Å². The van der Waals surface area contributed by atoms with E-state index in [1.54, 1.807) is 42.5 Å². The van der Waals surface area contributed by atoms with E-state index in [1.165, 1.54) is 6.42 Å². The quantitative estimate of drug-likeness (QED) is 0.904. The molecule has 0 radical (unpaired) electrons. The Morgan fingerprint density at radius 3 is 2.67 bits per heavy atom. The Kier molecular flexibility index (Phi) is 4.83. The fourth-order valence-electron chi connectivity index (χ4n) is 4.16. The minimum absolute atomic E-state index is 0.0367. The zero-order valence-electron chi connectivity index (χ0n) is 15.4. The molecule has 5 nitrogen and oxygen atoms in total. The van der Waals surface area contributed by atoms with Crippen LogP contribution in [0, 0.1) is 17.2 Å². The summed E-state index contributed by atoms with van der Waals surface area (Å²) in [5.74, 6) is 1.66. The maximum atomic E-state index is 12.6. The Morgan fingerprint density at radius 2 is 2.00 bits per heavy atom. The molecule has 5 heteroatoms. The highest BCUT2D eigenvalue weighted by molar-refractivity contribution is 5.94. The number of rotatable bonds is 4. The molecule has 2 bridgehead atoms. The fraction of sp³-hybridized carbons (Fsp3) is 0.364. The second kappa shape index (κ2) is 7.42. The molecule has 3 aliphatic heterocycles. The van der Waals surface area contributed by atoms with Crippen molar-refractivity contribution in [2.75, 3.05) is 13.1 Å². The van der Waals surface area contributed by atoms with E-state index in [4.69, 9.17) is 10.00 Å². The molecule has 138 valence electrons. The lowest BCUT2D eigenvalue weighted by molar-refractivity contribution is 0.0274. The number of nitrogens with one attached hydrogen (secondary N) is 1. The number of carbonyl (C=O) groups is 1. The van der Waals surface area contributed by atoms with Crippen molar-refractivity contribution < 1.29 is 9.53 Å². The average Bonchev–Trinajstić information content (AvgIpc) is 2.70. The molecule has 27 heavy (non-hydrogen) atoms. The summed E-state index contributed by atoms with van der Waals surface area (Å²) < 4.78 is 5.78. The number of hydrogen-bond donors (Lipinski definition) is 1. The van der Waals surface area contributed by atoms with Crippen LogP contribution in [0.2, 0.25) is 0 Å². The first-order valence-corrected chi connectivity index (χ1v) is 9.46. The van der Waals surface area contributed by atoms with Gasteiger partial charge in [0, 0.05) is 24.2 Å². The van der Waals surface area contributed by atoms with Gasteiger partial charge in [-0.2, -0.15) is 5.26 Å². The third-order valence-electron chi connectivity index (χ3n) is 5.72. The second-order valence-corrected chi connectivity index (χ2v) is 7.44. The van der Waals surface area contributed by atoms with Gasteiger partial charge in [-0.1, -0.05) is 12.1 Å². The minimum atomic E-state index is -0.0367. The van der Waals surface area contributed by atoms with Crippen LogP contribution in [0.15, 0.2) is 48.5 Å². The highest BCUT2D eigenvalue weighted by atomic mass is 16.5. The first kappa shape index (κ1) is 17.6. The standard InChI is InChI=1S/C22H23N3O2/c1-15-12-17-10-11-25(15)14-20(17)24-22(26)16-6-8-19(9-7-16)27-21-5-3-2-4-18(21)13-23/h2-9,15,17,20H,10-12,14H2,1H3,(H,24,26). The fourth-order valence-corrected chi connectivity index (χ4v) is 4.16. The zero-order valence-corrected chi connectivity index (χ0v) is 15.4. The van der Waals surface area contributed by atoms with E-state index in [-0.39, 0.29) is 11.9 Å². The van der Waals surface area contributed by atoms with Crippen molar-refractivity contribution in [2.24, 2.45) is 5.92 Å². The summed E-state index contributed by atoms with van der Waals surface area (Å²) in [5, 5.41) is 12.4. The maximum absolute atomic E-state index is 12.6. The molecule has 4 atom stereocenters. The van der Waals surface area contributed by atoms with Gasteiger partial charge in [-0.05, 0) is 68.6 Å². The first-order chi connectivity index (χ1) is 13.1. The zero-order chi connectivity index (χ0) is 18.8. The molecular weight excluding hydrogens is 338 g/mol. The van der Waals surface area contributed by atoms with Crippen LogP contribution in [-0.4, -0.2) is 36.0 Å². The molecule has 1 amide bonds. The summed E-state index contributed by atoms with van der Waals surface area (Å²) in [6.45, 7) is 4.37. The van der Waals surface area contributed by atoms with Gasteiger partial charge in [-0.3, -0.25) is 9.69 Å². The normalized spacial score (nSPS) is 26.2. The third-order valence-corrected chi connectivity index (χ3v) is 5.72. The highest BCUT2D eigenvalue weighted by Gasteiger charge is 2.38. The third kappa shape index (κ3) is 3.67. The Bertz CT molecular complexity index is 872. The number of nitrogens with zero attached hydrogens (tertiary/aromatic N) is 2. The number of hydrogen-bond acceptors (Lipinski definition) is 4. The monoisotopic (exact) mass is 361 g/mol. The summed E-state index contributed by atoms with van der Waals surface area (Å²) in [6.07, 6.45) is 2.33. The summed E-state index contributed by atoms with van der Waals surface area (Å²) in [4.78, 5) is 15.1. The predicted octanol–water partition coefficient (Wildman–Crippen LogP) is 3.56. The lowest BCUT2D eigenvalue weighted by atomic mass is 9.80. The van der Waals surface area contributed by atoms with Crippen molar-refractivity contribution >= 4 is 5.91 Å². The molecular formula is C22H23N3O2. The molecule has 0 aliphatic carbocycles. The molecule has 3 aliphatic rings. The molecule has 5 rings (SSSR count). The molecule has 2 aromatic rings. The largest absolute Gasteiger partial charge is 0.456 e. The van der Waals surface area contributed by atoms with Gasteiger partial charge < -0.3 is 10.1 Å². The van der Waals surface area contributed by atoms with Crippen molar-refractivity contribution in [1.82, 2.24) is 10.2 Å². The van der Waals surface area contributed by atoms with E-state index >= 15 is 0 Å². The van der Waals surface area contributed by atoms with Crippen LogP contribution in [0.4, 0.5) is 0 Å². The molecule has 0 saturated carbocycles. The van der Waals surface area contributed by atoms with Gasteiger partial charge in [0.1, 0.15) is 17.6 Å². The summed E-state index contributed by atoms with van der Waals surface area (Å²) >= 11 is 0. The van der Waals surface area contributed by atoms with Crippen LogP contribution in [0.1, 0.15) is 35.7 Å². The molecule has 0 spiro atoms. The van der Waals surface area contributed by atoms with Crippen LogP contribution < -0.4 is 10.1 Å². The van der Waals surface area contributed by atoms with Crippen molar-refractivity contribution in [3.8, 4) is 17.6 Å². The van der Waals surface area contributed by atoms with E-state index in [0.29, 0.717) is 34.6 Å². The molecule has 3 saturated heterocycles. The van der Waals surface area contributed by atoms with E-state index in [2.05, 4.69) is 23.2 Å². The Morgan fingerprint density at radius 1 is 1.22 bits per heavy atom. The number of amides is 1. The van der Waals surface area contributed by atoms with Crippen LogP contribution >= 0.6 is 0 Å². The SMILES string of the molecule is CC1CC2CCN1CC2NC(=O)c1ccc(Oc2ccccc2C#N)cc1. The topological polar surface area (TPSA) is 65.4 Å². The van der Waals surface area contributed by atoms with Gasteiger partial charge >= 0.3 is 0 Å². The lowest BCUT2D eigenvalue weighted by Crippen LogP contribution is -2.60. The van der Waals surface area contributed by atoms with Gasteiger partial charge in [0.15, 0.2) is 0 Å². The Balaban J connectivity index is 1.40. The van der Waals surface area contributed by atoms with Gasteiger partial charge in [-0.25, -0.2) is 0 Å². The van der Waals surface area contributed by atoms with E-state index in [1.807, 2.05) is 6.07 Å². The minimum Gasteiger partial charge on any atom is -0.456 e. The molecule has 1 N–H and O–H groups in total. The van der Waals surface area contributed by atoms with E-state index < -0.39 is 0 Å². The summed E-state index contributed by atoms with van der Waals surface area (Å²) in [5.41, 5.74) is 1.11. The first-order valence-electron chi connectivity index (χ1n) is 9.46. The number of fused-ring (bicyclic) bond motifs is 3. The lowest BCUT2D eigenvalue weighted by Gasteiger charge is -2.48. The van der Waals surface area contributed by atoms with Gasteiger partial charge in [0.05, 0.1) is 5.56 Å². The molecule has 2 aromatic carbocycles. The molecule has 3 heterocycles. The van der Waals surface area contributed by atoms with E-state index in [0.717, 1.165) is 19.5 Å². The smallest absolute Gasteiger partial charge is 0.251 e. The number of para-hydroxylation sites is 1. The van der Waals surface area contributed by atoms with Crippen molar-refractivity contribution in [3.63, 3.8) is 0 Å². The number of carbonyl (C=O) groups excluding carboxylic acids is 1. The summed E-state index contributed by atoms with van der Waals surface area (Å²) in [6, 6.07) is 17.1. The highest BCUT2D eigenvalue weighted by Crippen LogP contribution is 2.32. The molecule has 3 fully saturated rings. The number of nitriles is 1. The van der Waals surface area contributed by atoms with Crippen LogP contribution in [0.5, 0.6) is 11.5 Å². The summed E-state index contributed by atoms with van der Waals surface area (Å²) in [7, 11) is 0. The average molecular weight is 361 g/mol. The van der Waals surface area contributed by atoms with Crippen LogP contribution in [0.25, 0.3) is 0 Å². The second-order valence-electron chi connectivity index (χ2n) is 7.44. The van der Waals surface area contributed by atoms with Crippen LogP contribution in [0.3, 0.4) is 0 Å². The number of benzene rings is 2. The maximum Gasteiger partial charge on any atom is 0.251 e. The van der Waals surface area contributed by atoms with Crippen molar-refractivity contribution in [3.05, 3.63) is 59.7 Å². The number of ether oxygens (including phenoxy) is 1. The number of piperidine rings is 3. The predicted molar refractivity (Wildman–Crippen MR) is 103 cm³/mol.